The van der Waals surface area contributed by atoms with E-state index in [9.17, 15) is 10.5 Å². The van der Waals surface area contributed by atoms with Crippen molar-refractivity contribution in [1.29, 1.82) is 10.5 Å². The highest BCUT2D eigenvalue weighted by molar-refractivity contribution is 6.14. The highest BCUT2D eigenvalue weighted by Gasteiger charge is 2.24. The van der Waals surface area contributed by atoms with Crippen LogP contribution in [-0.4, -0.2) is 9.13 Å². The minimum atomic E-state index is 0.507. The summed E-state index contributed by atoms with van der Waals surface area (Å²) in [5.74, 6) is 0. The van der Waals surface area contributed by atoms with E-state index in [1.807, 2.05) is 42.5 Å². The van der Waals surface area contributed by atoms with E-state index in [1.165, 1.54) is 0 Å². The van der Waals surface area contributed by atoms with Crippen LogP contribution in [0.15, 0.2) is 231 Å². The fourth-order valence-electron chi connectivity index (χ4n) is 9.82. The van der Waals surface area contributed by atoms with Gasteiger partial charge in [-0.15, -0.1) is 0 Å². The number of rotatable bonds is 7. The van der Waals surface area contributed by atoms with E-state index in [1.54, 1.807) is 6.07 Å². The number of nitriles is 2. The second-order valence-electron chi connectivity index (χ2n) is 16.8. The molecule has 0 fully saturated rings. The monoisotopic (exact) mass is 838 g/mol. The first kappa shape index (κ1) is 38.5. The second-order valence-corrected chi connectivity index (χ2v) is 16.8. The molecule has 12 aromatic rings. The molecule has 0 N–H and O–H groups in total. The van der Waals surface area contributed by atoms with E-state index in [-0.39, 0.29) is 0 Å². The van der Waals surface area contributed by atoms with Gasteiger partial charge in [0, 0.05) is 27.1 Å². The average molecular weight is 839 g/mol. The first-order chi connectivity index (χ1) is 32.6. The van der Waals surface area contributed by atoms with Gasteiger partial charge in [0.05, 0.1) is 56.7 Å². The van der Waals surface area contributed by atoms with Gasteiger partial charge in [-0.2, -0.15) is 10.5 Å². The summed E-state index contributed by atoms with van der Waals surface area (Å²) in [4.78, 5) is 0. The number of aromatic nitrogens is 2. The molecule has 0 atom stereocenters. The lowest BCUT2D eigenvalue weighted by molar-refractivity contribution is 1.09. The Hall–Kier alpha value is -9.22. The molecule has 66 heavy (non-hydrogen) atoms. The van der Waals surface area contributed by atoms with Crippen LogP contribution < -0.4 is 0 Å². The maximum absolute atomic E-state index is 11.2. The van der Waals surface area contributed by atoms with Gasteiger partial charge in [-0.25, -0.2) is 0 Å². The molecule has 0 saturated heterocycles. The lowest BCUT2D eigenvalue weighted by atomic mass is 9.96. The van der Waals surface area contributed by atoms with Gasteiger partial charge < -0.3 is 9.13 Å². The molecule has 12 rings (SSSR count). The van der Waals surface area contributed by atoms with E-state index in [0.29, 0.717) is 11.1 Å². The Balaban J connectivity index is 1.26. The van der Waals surface area contributed by atoms with Crippen LogP contribution in [0.1, 0.15) is 11.1 Å². The summed E-state index contributed by atoms with van der Waals surface area (Å²) >= 11 is 0. The van der Waals surface area contributed by atoms with Gasteiger partial charge in [0.25, 0.3) is 0 Å². The van der Waals surface area contributed by atoms with Gasteiger partial charge >= 0.3 is 0 Å². The largest absolute Gasteiger partial charge is 0.307 e. The summed E-state index contributed by atoms with van der Waals surface area (Å²) < 4.78 is 4.77. The van der Waals surface area contributed by atoms with Crippen LogP contribution in [-0.2, 0) is 0 Å². The van der Waals surface area contributed by atoms with E-state index in [4.69, 9.17) is 0 Å². The summed E-state index contributed by atoms with van der Waals surface area (Å²) in [6.07, 6.45) is 0. The topological polar surface area (TPSA) is 57.4 Å². The van der Waals surface area contributed by atoms with Crippen LogP contribution in [0, 0.1) is 22.7 Å². The molecule has 2 aromatic heterocycles. The Kier molecular flexibility index (Phi) is 9.23. The van der Waals surface area contributed by atoms with Gasteiger partial charge in [-0.1, -0.05) is 182 Å². The molecule has 306 valence electrons. The van der Waals surface area contributed by atoms with Gasteiger partial charge in [0.15, 0.2) is 0 Å². The highest BCUT2D eigenvalue weighted by Crippen LogP contribution is 2.44. The molecule has 0 unspecified atom stereocenters. The fourth-order valence-corrected chi connectivity index (χ4v) is 9.82. The van der Waals surface area contributed by atoms with Crippen LogP contribution in [0.4, 0.5) is 0 Å². The number of hydrogen-bond donors (Lipinski definition) is 0. The highest BCUT2D eigenvalue weighted by atomic mass is 15.1. The number of fused-ring (bicyclic) bond motifs is 6. The molecule has 2 heterocycles. The van der Waals surface area contributed by atoms with Crippen molar-refractivity contribution in [3.05, 3.63) is 242 Å². The lowest BCUT2D eigenvalue weighted by Gasteiger charge is -2.20. The van der Waals surface area contributed by atoms with E-state index in [2.05, 4.69) is 203 Å². The van der Waals surface area contributed by atoms with Crippen molar-refractivity contribution >= 4 is 43.6 Å². The summed E-state index contributed by atoms with van der Waals surface area (Å²) in [6, 6.07) is 85.8. The van der Waals surface area contributed by atoms with Crippen LogP contribution in [0.25, 0.3) is 111 Å². The van der Waals surface area contributed by atoms with Gasteiger partial charge in [0.2, 0.25) is 0 Å². The SMILES string of the molecule is N#Cc1cccc(-c2cc(-n3c4cc(-c5ccccc5)ccc4c4ccc(-c5ccccc5)cc43)c(-n3c4cc(-c5ccccc5)ccc4c4ccc(-c5ccccc5)cc43)cc2C#N)c1. The van der Waals surface area contributed by atoms with Crippen LogP contribution in [0.3, 0.4) is 0 Å². The lowest BCUT2D eigenvalue weighted by Crippen LogP contribution is -2.06. The maximum Gasteiger partial charge on any atom is 0.0998 e. The van der Waals surface area contributed by atoms with E-state index >= 15 is 0 Å². The summed E-state index contributed by atoms with van der Waals surface area (Å²) in [5, 5.41) is 25.7. The zero-order valence-electron chi connectivity index (χ0n) is 35.7. The standard InChI is InChI=1S/C62H38N4/c63-39-41-14-13-23-50(32-41)56-38-62(66-59-35-48(44-19-9-3-10-20-44)26-30-54(59)55-31-27-49(36-60(55)66)45-21-11-4-12-22-45)61(37-51(56)40-64)65-57-33-46(42-15-5-1-6-16-42)24-28-52(57)53-29-25-47(34-58(53)65)43-17-7-2-8-18-43/h1-38H. The normalized spacial score (nSPS) is 11.3. The Morgan fingerprint density at radius 1 is 0.273 bits per heavy atom. The van der Waals surface area contributed by atoms with E-state index in [0.717, 1.165) is 111 Å². The summed E-state index contributed by atoms with van der Waals surface area (Å²) in [6.45, 7) is 0. The van der Waals surface area contributed by atoms with Gasteiger partial charge in [-0.05, 0) is 98.6 Å². The zero-order valence-corrected chi connectivity index (χ0v) is 35.7. The molecule has 0 bridgehead atoms. The Morgan fingerprint density at radius 2 is 0.621 bits per heavy atom. The summed E-state index contributed by atoms with van der Waals surface area (Å²) in [5.41, 5.74) is 17.4. The summed E-state index contributed by atoms with van der Waals surface area (Å²) in [7, 11) is 0. The average Bonchev–Trinajstić information content (AvgIpc) is 3.90. The molecule has 10 aromatic carbocycles. The molecule has 0 amide bonds. The van der Waals surface area contributed by atoms with Crippen molar-refractivity contribution in [3.63, 3.8) is 0 Å². The quantitative estimate of drug-likeness (QED) is 0.161. The van der Waals surface area contributed by atoms with Crippen molar-refractivity contribution < 1.29 is 0 Å². The molecule has 0 aliphatic carbocycles. The third-order valence-corrected chi connectivity index (χ3v) is 13.0. The third kappa shape index (κ3) is 6.45. The van der Waals surface area contributed by atoms with Crippen molar-refractivity contribution in [2.75, 3.05) is 0 Å². The van der Waals surface area contributed by atoms with Crippen molar-refractivity contribution in [1.82, 2.24) is 9.13 Å². The maximum atomic E-state index is 11.2. The van der Waals surface area contributed by atoms with Gasteiger partial charge in [-0.3, -0.25) is 0 Å². The molecule has 4 heteroatoms. The smallest absolute Gasteiger partial charge is 0.0998 e. The Bertz CT molecular complexity index is 3730. The van der Waals surface area contributed by atoms with Crippen LogP contribution >= 0.6 is 0 Å². The number of nitrogens with zero attached hydrogens (tertiary/aromatic N) is 4. The zero-order chi connectivity index (χ0) is 44.1. The second kappa shape index (κ2) is 15.8. The Labute approximate surface area is 382 Å². The predicted octanol–water partition coefficient (Wildman–Crippen LogP) is 16.0. The van der Waals surface area contributed by atoms with Crippen LogP contribution in [0.2, 0.25) is 0 Å². The van der Waals surface area contributed by atoms with Crippen molar-refractivity contribution in [2.45, 2.75) is 0 Å². The first-order valence-corrected chi connectivity index (χ1v) is 22.1. The number of benzene rings is 10. The van der Waals surface area contributed by atoms with Crippen molar-refractivity contribution in [2.24, 2.45) is 0 Å². The fraction of sp³-hybridized carbons (Fsp3) is 0. The molecule has 0 aliphatic rings. The van der Waals surface area contributed by atoms with E-state index < -0.39 is 0 Å². The molecule has 0 saturated carbocycles. The molecule has 0 aliphatic heterocycles. The molecule has 0 spiro atoms. The predicted molar refractivity (Wildman–Crippen MR) is 272 cm³/mol. The van der Waals surface area contributed by atoms with Crippen LogP contribution in [0.5, 0.6) is 0 Å². The van der Waals surface area contributed by atoms with Gasteiger partial charge in [0.1, 0.15) is 0 Å². The number of hydrogen-bond acceptors (Lipinski definition) is 2. The molecule has 0 radical (unpaired) electrons. The Morgan fingerprint density at radius 3 is 0.970 bits per heavy atom. The first-order valence-electron chi connectivity index (χ1n) is 22.1. The minimum absolute atomic E-state index is 0.507. The molecule has 4 nitrogen and oxygen atoms in total. The third-order valence-electron chi connectivity index (χ3n) is 13.0. The molecular formula is C62H38N4. The molecular weight excluding hydrogens is 801 g/mol. The van der Waals surface area contributed by atoms with Crippen molar-refractivity contribution in [3.8, 4) is 79.1 Å². The minimum Gasteiger partial charge on any atom is -0.307 e.